The molecule has 0 N–H and O–H groups in total. The summed E-state index contributed by atoms with van der Waals surface area (Å²) in [6.07, 6.45) is 2.16. The highest BCUT2D eigenvalue weighted by atomic mass is 32.1. The van der Waals surface area contributed by atoms with Crippen LogP contribution in [0.4, 0.5) is 0 Å². The Hall–Kier alpha value is -2.38. The molecule has 1 amide bonds. The fourth-order valence-electron chi connectivity index (χ4n) is 3.71. The van der Waals surface area contributed by atoms with Gasteiger partial charge in [0.25, 0.3) is 5.91 Å². The van der Waals surface area contributed by atoms with Crippen LogP contribution >= 0.6 is 11.3 Å². The Labute approximate surface area is 168 Å². The number of ether oxygens (including phenoxy) is 2. The van der Waals surface area contributed by atoms with E-state index in [9.17, 15) is 4.79 Å². The van der Waals surface area contributed by atoms with Crippen molar-refractivity contribution >= 4 is 27.5 Å². The molecule has 3 heterocycles. The Kier molecular flexibility index (Phi) is 5.37. The molecule has 0 radical (unpaired) electrons. The SMILES string of the molecule is COc1cccc(CN(CC2CCCO2)C(=O)c2cc3c(C)nn(C)c3s2)c1. The van der Waals surface area contributed by atoms with E-state index in [-0.39, 0.29) is 12.0 Å². The Morgan fingerprint density at radius 2 is 2.29 bits per heavy atom. The number of aromatic nitrogens is 2. The van der Waals surface area contributed by atoms with Crippen molar-refractivity contribution in [2.24, 2.45) is 7.05 Å². The van der Waals surface area contributed by atoms with E-state index >= 15 is 0 Å². The summed E-state index contributed by atoms with van der Waals surface area (Å²) in [4.78, 5) is 17.1. The van der Waals surface area contributed by atoms with Gasteiger partial charge in [-0.1, -0.05) is 12.1 Å². The van der Waals surface area contributed by atoms with Gasteiger partial charge in [-0.05, 0) is 43.5 Å². The standard InChI is InChI=1S/C21H25N3O3S/c1-14-18-11-19(28-21(18)23(2)22-14)20(25)24(13-17-8-5-9-27-17)12-15-6-4-7-16(10-15)26-3/h4,6-7,10-11,17H,5,8-9,12-13H2,1-3H3. The van der Waals surface area contributed by atoms with E-state index in [1.165, 1.54) is 11.3 Å². The summed E-state index contributed by atoms with van der Waals surface area (Å²) in [5.74, 6) is 0.837. The van der Waals surface area contributed by atoms with Crippen molar-refractivity contribution in [3.05, 3.63) is 46.5 Å². The zero-order valence-corrected chi connectivity index (χ0v) is 17.3. The first-order chi connectivity index (χ1) is 13.5. The minimum Gasteiger partial charge on any atom is -0.497 e. The van der Waals surface area contributed by atoms with E-state index in [2.05, 4.69) is 5.10 Å². The summed E-state index contributed by atoms with van der Waals surface area (Å²) in [5, 5.41) is 5.48. The van der Waals surface area contributed by atoms with Crippen LogP contribution in [0, 0.1) is 6.92 Å². The second-order valence-electron chi connectivity index (χ2n) is 7.21. The molecular weight excluding hydrogens is 374 g/mol. The predicted octanol–water partition coefficient (Wildman–Crippen LogP) is 3.77. The lowest BCUT2D eigenvalue weighted by molar-refractivity contribution is 0.0511. The highest BCUT2D eigenvalue weighted by Gasteiger charge is 2.25. The van der Waals surface area contributed by atoms with Crippen LogP contribution in [-0.2, 0) is 18.3 Å². The topological polar surface area (TPSA) is 56.6 Å². The van der Waals surface area contributed by atoms with E-state index in [0.717, 1.165) is 51.5 Å². The van der Waals surface area contributed by atoms with Gasteiger partial charge in [0.15, 0.2) is 0 Å². The van der Waals surface area contributed by atoms with Gasteiger partial charge < -0.3 is 14.4 Å². The lowest BCUT2D eigenvalue weighted by atomic mass is 10.1. The molecule has 0 aliphatic carbocycles. The van der Waals surface area contributed by atoms with E-state index in [1.54, 1.807) is 7.11 Å². The summed E-state index contributed by atoms with van der Waals surface area (Å²) in [6.45, 7) is 3.88. The van der Waals surface area contributed by atoms with Crippen LogP contribution in [0.1, 0.15) is 33.8 Å². The Bertz CT molecular complexity index is 954. The van der Waals surface area contributed by atoms with Gasteiger partial charge in [0.2, 0.25) is 0 Å². The number of nitrogens with zero attached hydrogens (tertiary/aromatic N) is 3. The van der Waals surface area contributed by atoms with Crippen LogP contribution in [0.15, 0.2) is 30.3 Å². The summed E-state index contributed by atoms with van der Waals surface area (Å²) in [5.41, 5.74) is 2.00. The largest absolute Gasteiger partial charge is 0.497 e. The molecule has 6 nitrogen and oxygen atoms in total. The molecule has 0 spiro atoms. The molecule has 4 rings (SSSR count). The molecule has 148 valence electrons. The van der Waals surface area contributed by atoms with Gasteiger partial charge in [-0.25, -0.2) is 0 Å². The fraction of sp³-hybridized carbons (Fsp3) is 0.429. The van der Waals surface area contributed by atoms with Crippen molar-refractivity contribution in [1.82, 2.24) is 14.7 Å². The Morgan fingerprint density at radius 3 is 3.00 bits per heavy atom. The van der Waals surface area contributed by atoms with Crippen LogP contribution in [0.2, 0.25) is 0 Å². The predicted molar refractivity (Wildman–Crippen MR) is 110 cm³/mol. The van der Waals surface area contributed by atoms with Crippen LogP contribution in [0.5, 0.6) is 5.75 Å². The molecule has 1 fully saturated rings. The number of amides is 1. The van der Waals surface area contributed by atoms with Crippen molar-refractivity contribution in [3.8, 4) is 5.75 Å². The third-order valence-corrected chi connectivity index (χ3v) is 6.34. The molecule has 28 heavy (non-hydrogen) atoms. The monoisotopic (exact) mass is 399 g/mol. The van der Waals surface area contributed by atoms with Crippen LogP contribution in [-0.4, -0.2) is 47.0 Å². The molecule has 1 atom stereocenters. The summed E-state index contributed by atoms with van der Waals surface area (Å²) >= 11 is 1.50. The molecule has 1 aliphatic heterocycles. The molecule has 1 aromatic carbocycles. The van der Waals surface area contributed by atoms with Crippen molar-refractivity contribution < 1.29 is 14.3 Å². The molecule has 1 unspecified atom stereocenters. The number of fused-ring (bicyclic) bond motifs is 1. The first kappa shape index (κ1) is 19.0. The Morgan fingerprint density at radius 1 is 1.43 bits per heavy atom. The quantitative estimate of drug-likeness (QED) is 0.633. The lowest BCUT2D eigenvalue weighted by Gasteiger charge is -2.25. The molecule has 2 aromatic heterocycles. The molecule has 0 bridgehead atoms. The van der Waals surface area contributed by atoms with Crippen LogP contribution in [0.3, 0.4) is 0 Å². The zero-order valence-electron chi connectivity index (χ0n) is 16.5. The van der Waals surface area contributed by atoms with E-state index in [1.807, 2.05) is 53.9 Å². The van der Waals surface area contributed by atoms with Gasteiger partial charge >= 0.3 is 0 Å². The number of methoxy groups -OCH3 is 1. The number of thiophene rings is 1. The minimum atomic E-state index is 0.0407. The number of aryl methyl sites for hydroxylation is 2. The maximum atomic E-state index is 13.4. The number of carbonyl (C=O) groups is 1. The maximum absolute atomic E-state index is 13.4. The van der Waals surface area contributed by atoms with Crippen molar-refractivity contribution in [1.29, 1.82) is 0 Å². The smallest absolute Gasteiger partial charge is 0.264 e. The van der Waals surface area contributed by atoms with E-state index in [4.69, 9.17) is 9.47 Å². The number of rotatable bonds is 6. The zero-order chi connectivity index (χ0) is 19.7. The second kappa shape index (κ2) is 7.93. The van der Waals surface area contributed by atoms with E-state index < -0.39 is 0 Å². The summed E-state index contributed by atoms with van der Waals surface area (Å²) in [7, 11) is 3.57. The number of carbonyl (C=O) groups excluding carboxylic acids is 1. The lowest BCUT2D eigenvalue weighted by Crippen LogP contribution is -2.36. The number of hydrogen-bond donors (Lipinski definition) is 0. The van der Waals surface area contributed by atoms with Gasteiger partial charge in [0, 0.05) is 32.1 Å². The van der Waals surface area contributed by atoms with Gasteiger partial charge in [0.05, 0.1) is 23.8 Å². The maximum Gasteiger partial charge on any atom is 0.264 e. The van der Waals surface area contributed by atoms with Crippen LogP contribution < -0.4 is 4.74 Å². The Balaban J connectivity index is 1.62. The van der Waals surface area contributed by atoms with Gasteiger partial charge in [0.1, 0.15) is 10.6 Å². The second-order valence-corrected chi connectivity index (χ2v) is 8.24. The number of hydrogen-bond acceptors (Lipinski definition) is 5. The third kappa shape index (κ3) is 3.77. The first-order valence-electron chi connectivity index (χ1n) is 9.52. The average Bonchev–Trinajstić information content (AvgIpc) is 3.41. The fourth-order valence-corrected chi connectivity index (χ4v) is 4.80. The molecule has 1 saturated heterocycles. The highest BCUT2D eigenvalue weighted by molar-refractivity contribution is 7.20. The molecule has 0 saturated carbocycles. The van der Waals surface area contributed by atoms with Crippen molar-refractivity contribution in [2.45, 2.75) is 32.4 Å². The minimum absolute atomic E-state index is 0.0407. The summed E-state index contributed by atoms with van der Waals surface area (Å²) in [6, 6.07) is 9.85. The van der Waals surface area contributed by atoms with Gasteiger partial charge in [-0.15, -0.1) is 11.3 Å². The average molecular weight is 400 g/mol. The van der Waals surface area contributed by atoms with E-state index in [0.29, 0.717) is 13.1 Å². The first-order valence-corrected chi connectivity index (χ1v) is 10.3. The molecule has 3 aromatic rings. The normalized spacial score (nSPS) is 16.6. The number of benzene rings is 1. The summed E-state index contributed by atoms with van der Waals surface area (Å²) < 4.78 is 13.0. The van der Waals surface area contributed by atoms with Gasteiger partial charge in [-0.3, -0.25) is 9.48 Å². The van der Waals surface area contributed by atoms with Crippen LogP contribution in [0.25, 0.3) is 10.2 Å². The molecular formula is C21H25N3O3S. The van der Waals surface area contributed by atoms with Gasteiger partial charge in [-0.2, -0.15) is 5.10 Å². The third-order valence-electron chi connectivity index (χ3n) is 5.15. The molecule has 7 heteroatoms. The van der Waals surface area contributed by atoms with Crippen molar-refractivity contribution in [3.63, 3.8) is 0 Å². The highest BCUT2D eigenvalue weighted by Crippen LogP contribution is 2.29. The van der Waals surface area contributed by atoms with Crippen molar-refractivity contribution in [2.75, 3.05) is 20.3 Å². The molecule has 1 aliphatic rings.